The Hall–Kier alpha value is -3.75. The zero-order chi connectivity index (χ0) is 19.4. The van der Waals surface area contributed by atoms with E-state index in [0.29, 0.717) is 10.9 Å². The quantitative estimate of drug-likeness (QED) is 0.501. The molecule has 0 atom stereocenters. The van der Waals surface area contributed by atoms with Crippen molar-refractivity contribution >= 4 is 22.5 Å². The first-order valence-electron chi connectivity index (χ1n) is 8.17. The monoisotopic (exact) mass is 368 g/mol. The molecule has 1 aromatic heterocycles. The van der Waals surface area contributed by atoms with E-state index in [0.717, 1.165) is 5.56 Å². The highest BCUT2D eigenvalue weighted by atomic mass is 16.6. The van der Waals surface area contributed by atoms with Crippen LogP contribution in [0.4, 0.5) is 5.69 Å². The molecule has 0 spiro atoms. The van der Waals surface area contributed by atoms with Gasteiger partial charge in [0.2, 0.25) is 5.91 Å². The molecular weight excluding hydrogens is 352 g/mol. The van der Waals surface area contributed by atoms with Gasteiger partial charge in [0.15, 0.2) is 0 Å². The molecule has 0 aliphatic heterocycles. The van der Waals surface area contributed by atoms with Gasteiger partial charge in [-0.25, -0.2) is 4.79 Å². The number of fused-ring (bicyclic) bond motifs is 1. The summed E-state index contributed by atoms with van der Waals surface area (Å²) in [6.45, 7) is 0.334. The zero-order valence-electron chi connectivity index (χ0n) is 14.2. The highest BCUT2D eigenvalue weighted by Crippen LogP contribution is 2.12. The number of aryl methyl sites for hydroxylation is 1. The minimum absolute atomic E-state index is 0.0191. The maximum Gasteiger partial charge on any atom is 0.328 e. The molecule has 0 aliphatic rings. The average Bonchev–Trinajstić information content (AvgIpc) is 2.66. The molecule has 9 nitrogen and oxygen atoms in total. The number of rotatable bonds is 6. The van der Waals surface area contributed by atoms with Crippen LogP contribution in [-0.4, -0.2) is 20.4 Å². The third kappa shape index (κ3) is 4.09. The second-order valence-electron chi connectivity index (χ2n) is 5.88. The van der Waals surface area contributed by atoms with Gasteiger partial charge in [0.1, 0.15) is 0 Å². The van der Waals surface area contributed by atoms with Crippen LogP contribution < -0.4 is 16.6 Å². The van der Waals surface area contributed by atoms with Gasteiger partial charge in [-0.3, -0.25) is 29.3 Å². The largest absolute Gasteiger partial charge is 0.352 e. The number of nitro benzene ring substituents is 1. The Balaban J connectivity index is 1.64. The first-order chi connectivity index (χ1) is 13.0. The molecule has 1 amide bonds. The average molecular weight is 368 g/mol. The minimum Gasteiger partial charge on any atom is -0.352 e. The van der Waals surface area contributed by atoms with Crippen molar-refractivity contribution in [3.63, 3.8) is 0 Å². The molecule has 9 heteroatoms. The molecule has 0 radical (unpaired) electrons. The zero-order valence-corrected chi connectivity index (χ0v) is 14.2. The number of para-hydroxylation sites is 1. The van der Waals surface area contributed by atoms with Crippen LogP contribution in [-0.2, 0) is 17.9 Å². The van der Waals surface area contributed by atoms with Crippen molar-refractivity contribution in [2.24, 2.45) is 0 Å². The number of non-ortho nitro benzene ring substituents is 1. The van der Waals surface area contributed by atoms with Crippen molar-refractivity contribution in [3.8, 4) is 0 Å². The number of amides is 1. The Bertz CT molecular complexity index is 1120. The van der Waals surface area contributed by atoms with Crippen LogP contribution in [0.2, 0.25) is 0 Å². The normalized spacial score (nSPS) is 10.7. The highest BCUT2D eigenvalue weighted by Gasteiger charge is 2.09. The van der Waals surface area contributed by atoms with Gasteiger partial charge in [-0.15, -0.1) is 0 Å². The van der Waals surface area contributed by atoms with Crippen LogP contribution in [0, 0.1) is 10.1 Å². The number of hydrogen-bond acceptors (Lipinski definition) is 5. The Morgan fingerprint density at radius 3 is 2.52 bits per heavy atom. The predicted octanol–water partition coefficient (Wildman–Crippen LogP) is 1.30. The maximum absolute atomic E-state index is 12.1. The Labute approximate surface area is 152 Å². The van der Waals surface area contributed by atoms with Crippen LogP contribution in [0.15, 0.2) is 58.1 Å². The van der Waals surface area contributed by atoms with Gasteiger partial charge in [-0.05, 0) is 17.7 Å². The molecule has 2 N–H and O–H groups in total. The molecule has 138 valence electrons. The number of aromatic amines is 1. The van der Waals surface area contributed by atoms with Gasteiger partial charge in [0.25, 0.3) is 11.2 Å². The number of aromatic nitrogens is 2. The second-order valence-corrected chi connectivity index (χ2v) is 5.88. The topological polar surface area (TPSA) is 127 Å². The molecule has 3 rings (SSSR count). The maximum atomic E-state index is 12.1. The summed E-state index contributed by atoms with van der Waals surface area (Å²) >= 11 is 0. The fourth-order valence-electron chi connectivity index (χ4n) is 2.70. The summed E-state index contributed by atoms with van der Waals surface area (Å²) in [6, 6.07) is 12.5. The third-order valence-corrected chi connectivity index (χ3v) is 4.10. The number of carbonyl (C=O) groups excluding carboxylic acids is 1. The van der Waals surface area contributed by atoms with Gasteiger partial charge >= 0.3 is 5.69 Å². The van der Waals surface area contributed by atoms with E-state index in [1.165, 1.54) is 16.7 Å². The summed E-state index contributed by atoms with van der Waals surface area (Å²) in [5, 5.41) is 13.7. The summed E-state index contributed by atoms with van der Waals surface area (Å²) in [5.41, 5.74) is 0.140. The Kier molecular flexibility index (Phi) is 5.11. The molecule has 3 aromatic rings. The van der Waals surface area contributed by atoms with Crippen LogP contribution in [0.25, 0.3) is 10.9 Å². The lowest BCUT2D eigenvalue weighted by atomic mass is 10.2. The van der Waals surface area contributed by atoms with E-state index >= 15 is 0 Å². The molecule has 2 aromatic carbocycles. The SMILES string of the molecule is O=C(CCn1c(=O)[nH]c(=O)c2ccccc21)NCc1ccc([N+](=O)[O-])cc1. The van der Waals surface area contributed by atoms with Crippen LogP contribution >= 0.6 is 0 Å². The number of benzene rings is 2. The molecule has 0 fully saturated rings. The van der Waals surface area contributed by atoms with E-state index < -0.39 is 16.2 Å². The smallest absolute Gasteiger partial charge is 0.328 e. The van der Waals surface area contributed by atoms with Crippen LogP contribution in [0.5, 0.6) is 0 Å². The Morgan fingerprint density at radius 1 is 1.11 bits per heavy atom. The van der Waals surface area contributed by atoms with Crippen molar-refractivity contribution < 1.29 is 9.72 Å². The molecule has 0 unspecified atom stereocenters. The van der Waals surface area contributed by atoms with Gasteiger partial charge < -0.3 is 5.32 Å². The standard InChI is InChI=1S/C18H16N4O5/c23-16(19-11-12-5-7-13(8-6-12)22(26)27)9-10-21-15-4-2-1-3-14(15)17(24)20-18(21)25/h1-8H,9-11H2,(H,19,23)(H,20,24,25). The molecule has 27 heavy (non-hydrogen) atoms. The molecule has 0 saturated carbocycles. The van der Waals surface area contributed by atoms with E-state index in [-0.39, 0.29) is 31.1 Å². The molecule has 0 aliphatic carbocycles. The summed E-state index contributed by atoms with van der Waals surface area (Å²) < 4.78 is 1.35. The van der Waals surface area contributed by atoms with Crippen molar-refractivity contribution in [3.05, 3.63) is 85.0 Å². The summed E-state index contributed by atoms with van der Waals surface area (Å²) in [7, 11) is 0. The fraction of sp³-hybridized carbons (Fsp3) is 0.167. The summed E-state index contributed by atoms with van der Waals surface area (Å²) in [6.07, 6.45) is 0.0446. The Morgan fingerprint density at radius 2 is 1.81 bits per heavy atom. The number of H-pyrrole nitrogens is 1. The summed E-state index contributed by atoms with van der Waals surface area (Å²) in [4.78, 5) is 48.3. The van der Waals surface area contributed by atoms with E-state index in [1.807, 2.05) is 0 Å². The van der Waals surface area contributed by atoms with Crippen molar-refractivity contribution in [1.82, 2.24) is 14.9 Å². The van der Waals surface area contributed by atoms with Gasteiger partial charge in [-0.2, -0.15) is 0 Å². The molecule has 0 saturated heterocycles. The first kappa shape index (κ1) is 18.1. The van der Waals surface area contributed by atoms with Crippen molar-refractivity contribution in [1.29, 1.82) is 0 Å². The van der Waals surface area contributed by atoms with Gasteiger partial charge in [0.05, 0.1) is 15.8 Å². The number of nitro groups is 1. The molecule has 1 heterocycles. The van der Waals surface area contributed by atoms with Crippen molar-refractivity contribution in [2.45, 2.75) is 19.5 Å². The van der Waals surface area contributed by atoms with E-state index in [4.69, 9.17) is 0 Å². The minimum atomic E-state index is -0.568. The van der Waals surface area contributed by atoms with E-state index in [9.17, 15) is 24.5 Å². The number of nitrogens with zero attached hydrogens (tertiary/aromatic N) is 2. The molecule has 0 bridgehead atoms. The summed E-state index contributed by atoms with van der Waals surface area (Å²) in [5.74, 6) is -0.282. The first-order valence-corrected chi connectivity index (χ1v) is 8.17. The van der Waals surface area contributed by atoms with E-state index in [2.05, 4.69) is 10.3 Å². The number of carbonyl (C=O) groups is 1. The third-order valence-electron chi connectivity index (χ3n) is 4.10. The van der Waals surface area contributed by atoms with Crippen LogP contribution in [0.3, 0.4) is 0 Å². The lowest BCUT2D eigenvalue weighted by Crippen LogP contribution is -2.32. The van der Waals surface area contributed by atoms with E-state index in [1.54, 1.807) is 36.4 Å². The lowest BCUT2D eigenvalue weighted by Gasteiger charge is -2.10. The van der Waals surface area contributed by atoms with Gasteiger partial charge in [0, 0.05) is 31.6 Å². The predicted molar refractivity (Wildman–Crippen MR) is 98.4 cm³/mol. The lowest BCUT2D eigenvalue weighted by molar-refractivity contribution is -0.384. The van der Waals surface area contributed by atoms with Crippen molar-refractivity contribution in [2.75, 3.05) is 0 Å². The second kappa shape index (κ2) is 7.65. The molecular formula is C18H16N4O5. The fourth-order valence-corrected chi connectivity index (χ4v) is 2.70. The van der Waals surface area contributed by atoms with Crippen LogP contribution in [0.1, 0.15) is 12.0 Å². The highest BCUT2D eigenvalue weighted by molar-refractivity contribution is 5.78. The number of hydrogen-bond donors (Lipinski definition) is 2. The number of nitrogens with one attached hydrogen (secondary N) is 2. The van der Waals surface area contributed by atoms with Gasteiger partial charge in [-0.1, -0.05) is 24.3 Å².